The summed E-state index contributed by atoms with van der Waals surface area (Å²) >= 11 is 5.74. The molecule has 1 heterocycles. The molecule has 0 aliphatic carbocycles. The molecule has 1 aliphatic heterocycles. The van der Waals surface area contributed by atoms with E-state index in [1.165, 1.54) is 6.07 Å². The Labute approximate surface area is 118 Å². The van der Waals surface area contributed by atoms with Gasteiger partial charge in [0.05, 0.1) is 6.10 Å². The smallest absolute Gasteiger partial charge is 0.127 e. The first-order valence-electron chi connectivity index (χ1n) is 6.70. The van der Waals surface area contributed by atoms with Gasteiger partial charge in [0.1, 0.15) is 5.82 Å². The second-order valence-corrected chi connectivity index (χ2v) is 5.45. The number of halogens is 2. The van der Waals surface area contributed by atoms with Gasteiger partial charge in [-0.3, -0.25) is 11.3 Å². The Morgan fingerprint density at radius 1 is 1.53 bits per heavy atom. The molecule has 0 amide bonds. The van der Waals surface area contributed by atoms with Crippen LogP contribution in [0.25, 0.3) is 0 Å². The van der Waals surface area contributed by atoms with E-state index in [0.29, 0.717) is 23.1 Å². The third kappa shape index (κ3) is 4.42. The second-order valence-electron chi connectivity index (χ2n) is 5.02. The van der Waals surface area contributed by atoms with Gasteiger partial charge < -0.3 is 4.74 Å². The van der Waals surface area contributed by atoms with Crippen molar-refractivity contribution in [2.75, 3.05) is 6.61 Å². The van der Waals surface area contributed by atoms with Crippen LogP contribution in [0.3, 0.4) is 0 Å². The maximum atomic E-state index is 13.7. The monoisotopic (exact) mass is 286 g/mol. The SMILES string of the molecule is NNC(CCC1CCCO1)Cc1ccc(Cl)cc1F. The maximum absolute atomic E-state index is 13.7. The highest BCUT2D eigenvalue weighted by Crippen LogP contribution is 2.20. The van der Waals surface area contributed by atoms with Crippen molar-refractivity contribution in [3.63, 3.8) is 0 Å². The van der Waals surface area contributed by atoms with Gasteiger partial charge in [-0.05, 0) is 49.8 Å². The van der Waals surface area contributed by atoms with Gasteiger partial charge in [-0.25, -0.2) is 4.39 Å². The molecule has 3 N–H and O–H groups in total. The standard InChI is InChI=1S/C14H20ClFN2O/c15-11-4-3-10(14(16)9-11)8-12(18-17)5-6-13-2-1-7-19-13/h3-4,9,12-13,18H,1-2,5-8,17H2. The number of nitrogens with two attached hydrogens (primary N) is 1. The molecular weight excluding hydrogens is 267 g/mol. The summed E-state index contributed by atoms with van der Waals surface area (Å²) in [5.41, 5.74) is 3.40. The van der Waals surface area contributed by atoms with Crippen molar-refractivity contribution in [3.8, 4) is 0 Å². The van der Waals surface area contributed by atoms with Crippen molar-refractivity contribution in [1.82, 2.24) is 5.43 Å². The fraction of sp³-hybridized carbons (Fsp3) is 0.571. The van der Waals surface area contributed by atoms with E-state index in [9.17, 15) is 4.39 Å². The van der Waals surface area contributed by atoms with E-state index >= 15 is 0 Å². The normalized spacial score (nSPS) is 20.7. The number of hydrazine groups is 1. The topological polar surface area (TPSA) is 47.3 Å². The minimum absolute atomic E-state index is 0.0554. The summed E-state index contributed by atoms with van der Waals surface area (Å²) in [7, 11) is 0. The summed E-state index contributed by atoms with van der Waals surface area (Å²) in [6.45, 7) is 0.858. The van der Waals surface area contributed by atoms with Gasteiger partial charge in [0.2, 0.25) is 0 Å². The van der Waals surface area contributed by atoms with Crippen molar-refractivity contribution >= 4 is 11.6 Å². The predicted molar refractivity (Wildman–Crippen MR) is 74.4 cm³/mol. The van der Waals surface area contributed by atoms with Gasteiger partial charge in [-0.15, -0.1) is 0 Å². The summed E-state index contributed by atoms with van der Waals surface area (Å²) in [6, 6.07) is 4.81. The summed E-state index contributed by atoms with van der Waals surface area (Å²) in [5.74, 6) is 5.27. The average molecular weight is 287 g/mol. The molecule has 1 aromatic carbocycles. The number of hydrogen-bond acceptors (Lipinski definition) is 3. The zero-order valence-electron chi connectivity index (χ0n) is 10.9. The number of rotatable bonds is 6. The molecule has 0 radical (unpaired) electrons. The molecule has 0 spiro atoms. The molecule has 0 bridgehead atoms. The highest BCUT2D eigenvalue weighted by atomic mass is 35.5. The average Bonchev–Trinajstić information content (AvgIpc) is 2.90. The molecular formula is C14H20ClFN2O. The zero-order valence-corrected chi connectivity index (χ0v) is 11.6. The molecule has 3 nitrogen and oxygen atoms in total. The molecule has 0 saturated carbocycles. The first-order valence-corrected chi connectivity index (χ1v) is 7.08. The lowest BCUT2D eigenvalue weighted by atomic mass is 9.99. The molecule has 0 aromatic heterocycles. The maximum Gasteiger partial charge on any atom is 0.127 e. The second kappa shape index (κ2) is 7.20. The summed E-state index contributed by atoms with van der Waals surface area (Å²) in [6.07, 6.45) is 4.99. The van der Waals surface area contributed by atoms with Crippen molar-refractivity contribution in [2.24, 2.45) is 5.84 Å². The van der Waals surface area contributed by atoms with E-state index in [4.69, 9.17) is 22.2 Å². The van der Waals surface area contributed by atoms with E-state index < -0.39 is 0 Å². The lowest BCUT2D eigenvalue weighted by Crippen LogP contribution is -2.37. The molecule has 1 aromatic rings. The summed E-state index contributed by atoms with van der Waals surface area (Å²) in [5, 5.41) is 0.415. The molecule has 19 heavy (non-hydrogen) atoms. The Kier molecular flexibility index (Phi) is 5.58. The van der Waals surface area contributed by atoms with Crippen LogP contribution in [0.1, 0.15) is 31.2 Å². The van der Waals surface area contributed by atoms with Gasteiger partial charge in [0.15, 0.2) is 0 Å². The third-order valence-electron chi connectivity index (χ3n) is 3.58. The molecule has 106 valence electrons. The van der Waals surface area contributed by atoms with Crippen LogP contribution in [0.4, 0.5) is 4.39 Å². The predicted octanol–water partition coefficient (Wildman–Crippen LogP) is 2.81. The van der Waals surface area contributed by atoms with Crippen LogP contribution >= 0.6 is 11.6 Å². The molecule has 5 heteroatoms. The van der Waals surface area contributed by atoms with Gasteiger partial charge in [0, 0.05) is 17.7 Å². The van der Waals surface area contributed by atoms with Crippen LogP contribution in [-0.2, 0) is 11.2 Å². The fourth-order valence-corrected chi connectivity index (χ4v) is 2.61. The molecule has 2 atom stereocenters. The van der Waals surface area contributed by atoms with Gasteiger partial charge in [0.25, 0.3) is 0 Å². The van der Waals surface area contributed by atoms with E-state index in [-0.39, 0.29) is 11.9 Å². The number of ether oxygens (including phenoxy) is 1. The van der Waals surface area contributed by atoms with Crippen LogP contribution in [0, 0.1) is 5.82 Å². The van der Waals surface area contributed by atoms with E-state index in [1.807, 2.05) is 0 Å². The Morgan fingerprint density at radius 2 is 2.37 bits per heavy atom. The first-order chi connectivity index (χ1) is 9.19. The lowest BCUT2D eigenvalue weighted by molar-refractivity contribution is 0.0995. The van der Waals surface area contributed by atoms with Crippen molar-refractivity contribution in [2.45, 2.75) is 44.2 Å². The Bertz CT molecular complexity index is 410. The van der Waals surface area contributed by atoms with Crippen LogP contribution in [-0.4, -0.2) is 18.8 Å². The van der Waals surface area contributed by atoms with Crippen molar-refractivity contribution < 1.29 is 9.13 Å². The highest BCUT2D eigenvalue weighted by molar-refractivity contribution is 6.30. The van der Waals surface area contributed by atoms with Crippen molar-refractivity contribution in [1.29, 1.82) is 0 Å². The summed E-state index contributed by atoms with van der Waals surface area (Å²) < 4.78 is 19.3. The Hall–Kier alpha value is -0.680. The quantitative estimate of drug-likeness (QED) is 0.624. The largest absolute Gasteiger partial charge is 0.378 e. The minimum atomic E-state index is -0.273. The van der Waals surface area contributed by atoms with Crippen LogP contribution in [0.5, 0.6) is 0 Å². The Balaban J connectivity index is 1.86. The molecule has 2 rings (SSSR count). The zero-order chi connectivity index (χ0) is 13.7. The molecule has 2 unspecified atom stereocenters. The molecule has 1 saturated heterocycles. The van der Waals surface area contributed by atoms with Crippen LogP contribution in [0.2, 0.25) is 5.02 Å². The van der Waals surface area contributed by atoms with E-state index in [1.54, 1.807) is 12.1 Å². The number of benzene rings is 1. The van der Waals surface area contributed by atoms with Crippen LogP contribution in [0.15, 0.2) is 18.2 Å². The number of nitrogens with one attached hydrogen (secondary N) is 1. The van der Waals surface area contributed by atoms with Gasteiger partial charge in [-0.2, -0.15) is 0 Å². The molecule has 1 fully saturated rings. The van der Waals surface area contributed by atoms with Gasteiger partial charge >= 0.3 is 0 Å². The Morgan fingerprint density at radius 3 is 3.00 bits per heavy atom. The third-order valence-corrected chi connectivity index (χ3v) is 3.81. The number of hydrogen-bond donors (Lipinski definition) is 2. The highest BCUT2D eigenvalue weighted by Gasteiger charge is 2.18. The minimum Gasteiger partial charge on any atom is -0.378 e. The first kappa shape index (κ1) is 14.7. The van der Waals surface area contributed by atoms with Gasteiger partial charge in [-0.1, -0.05) is 17.7 Å². The van der Waals surface area contributed by atoms with E-state index in [2.05, 4.69) is 5.43 Å². The molecule has 1 aliphatic rings. The summed E-state index contributed by atoms with van der Waals surface area (Å²) in [4.78, 5) is 0. The van der Waals surface area contributed by atoms with E-state index in [0.717, 1.165) is 32.3 Å². The van der Waals surface area contributed by atoms with Crippen molar-refractivity contribution in [3.05, 3.63) is 34.6 Å². The lowest BCUT2D eigenvalue weighted by Gasteiger charge is -2.18. The van der Waals surface area contributed by atoms with Crippen LogP contribution < -0.4 is 11.3 Å². The fourth-order valence-electron chi connectivity index (χ4n) is 2.46.